The minimum absolute atomic E-state index is 0.0555. The van der Waals surface area contributed by atoms with Gasteiger partial charge in [0, 0.05) is 11.6 Å². The molecule has 5 nitrogen and oxygen atoms in total. The molecule has 1 saturated carbocycles. The lowest BCUT2D eigenvalue weighted by Crippen LogP contribution is -2.31. The molecule has 2 aliphatic rings. The molecule has 0 radical (unpaired) electrons. The van der Waals surface area contributed by atoms with Gasteiger partial charge in [0.2, 0.25) is 5.91 Å². The molecule has 1 spiro atoms. The van der Waals surface area contributed by atoms with E-state index in [2.05, 4.69) is 10.6 Å². The molecule has 1 atom stereocenters. The zero-order valence-electron chi connectivity index (χ0n) is 15.1. The van der Waals surface area contributed by atoms with Gasteiger partial charge >= 0.3 is 0 Å². The molecule has 1 heterocycles. The Kier molecular flexibility index (Phi) is 4.78. The molecule has 6 heteroatoms. The maximum Gasteiger partial charge on any atom is 0.228 e. The number of sulfone groups is 1. The third-order valence-electron chi connectivity index (χ3n) is 5.76. The Morgan fingerprint density at radius 2 is 1.81 bits per heavy atom. The van der Waals surface area contributed by atoms with Gasteiger partial charge in [-0.25, -0.2) is 8.42 Å². The summed E-state index contributed by atoms with van der Waals surface area (Å²) in [6.45, 7) is 1.97. The van der Waals surface area contributed by atoms with Crippen molar-refractivity contribution in [2.75, 3.05) is 18.4 Å². The van der Waals surface area contributed by atoms with Crippen LogP contribution in [0.25, 0.3) is 0 Å². The highest BCUT2D eigenvalue weighted by Crippen LogP contribution is 2.58. The van der Waals surface area contributed by atoms with Crippen LogP contribution in [0.5, 0.6) is 0 Å². The van der Waals surface area contributed by atoms with E-state index in [1.807, 2.05) is 6.07 Å². The van der Waals surface area contributed by atoms with E-state index in [-0.39, 0.29) is 23.0 Å². The summed E-state index contributed by atoms with van der Waals surface area (Å²) in [6.07, 6.45) is 3.07. The number of hydrogen-bond donors (Lipinski definition) is 2. The van der Waals surface area contributed by atoms with Gasteiger partial charge in [0.1, 0.15) is 0 Å². The molecule has 0 bridgehead atoms. The molecule has 2 fully saturated rings. The summed E-state index contributed by atoms with van der Waals surface area (Å²) in [5, 5.41) is 6.33. The normalized spacial score (nSPS) is 21.0. The molecule has 1 aliphatic heterocycles. The molecule has 142 valence electrons. The van der Waals surface area contributed by atoms with Gasteiger partial charge in [0.15, 0.2) is 9.84 Å². The van der Waals surface area contributed by atoms with Crippen LogP contribution >= 0.6 is 0 Å². The molecule has 1 aliphatic carbocycles. The summed E-state index contributed by atoms with van der Waals surface area (Å²) in [7, 11) is -3.40. The highest BCUT2D eigenvalue weighted by molar-refractivity contribution is 7.90. The summed E-state index contributed by atoms with van der Waals surface area (Å²) < 4.78 is 25.1. The van der Waals surface area contributed by atoms with Crippen LogP contribution < -0.4 is 10.6 Å². The zero-order chi connectivity index (χ0) is 18.9. The average Bonchev–Trinajstić information content (AvgIpc) is 3.36. The number of benzene rings is 2. The summed E-state index contributed by atoms with van der Waals surface area (Å²) >= 11 is 0. The summed E-state index contributed by atoms with van der Waals surface area (Å²) in [6, 6.07) is 15.6. The van der Waals surface area contributed by atoms with E-state index in [1.165, 1.54) is 0 Å². The second-order valence-corrected chi connectivity index (χ2v) is 9.62. The van der Waals surface area contributed by atoms with E-state index in [9.17, 15) is 13.2 Å². The van der Waals surface area contributed by atoms with E-state index in [1.54, 1.807) is 48.5 Å². The van der Waals surface area contributed by atoms with Crippen LogP contribution in [0.4, 0.5) is 5.69 Å². The third kappa shape index (κ3) is 3.92. The van der Waals surface area contributed by atoms with Crippen molar-refractivity contribution >= 4 is 21.4 Å². The Bertz CT molecular complexity index is 935. The Balaban J connectivity index is 1.43. The van der Waals surface area contributed by atoms with Gasteiger partial charge in [0.25, 0.3) is 0 Å². The molecular formula is C21H24N2O3S. The number of rotatable bonds is 5. The van der Waals surface area contributed by atoms with Crippen LogP contribution in [0.2, 0.25) is 0 Å². The fraction of sp³-hybridized carbons (Fsp3) is 0.381. The van der Waals surface area contributed by atoms with Crippen LogP contribution in [-0.4, -0.2) is 27.4 Å². The Morgan fingerprint density at radius 3 is 2.56 bits per heavy atom. The van der Waals surface area contributed by atoms with E-state index in [4.69, 9.17) is 0 Å². The number of anilines is 1. The first-order valence-corrected chi connectivity index (χ1v) is 11.0. The van der Waals surface area contributed by atoms with Gasteiger partial charge in [-0.2, -0.15) is 0 Å². The average molecular weight is 385 g/mol. The Morgan fingerprint density at radius 1 is 1.07 bits per heavy atom. The third-order valence-corrected chi connectivity index (χ3v) is 7.46. The van der Waals surface area contributed by atoms with Gasteiger partial charge in [-0.1, -0.05) is 30.3 Å². The topological polar surface area (TPSA) is 75.3 Å². The van der Waals surface area contributed by atoms with E-state index < -0.39 is 9.84 Å². The Labute approximate surface area is 160 Å². The molecule has 0 aromatic heterocycles. The quantitative estimate of drug-likeness (QED) is 0.831. The lowest BCUT2D eigenvalue weighted by molar-refractivity contribution is -0.118. The van der Waals surface area contributed by atoms with Gasteiger partial charge < -0.3 is 10.6 Å². The van der Waals surface area contributed by atoms with Crippen LogP contribution in [0.1, 0.15) is 24.8 Å². The first-order chi connectivity index (χ1) is 13.0. The highest BCUT2D eigenvalue weighted by atomic mass is 32.2. The largest absolute Gasteiger partial charge is 0.326 e. The fourth-order valence-corrected chi connectivity index (χ4v) is 5.45. The Hall–Kier alpha value is -2.18. The summed E-state index contributed by atoms with van der Waals surface area (Å²) in [5.41, 5.74) is 1.52. The van der Waals surface area contributed by atoms with Crippen molar-refractivity contribution in [1.82, 2.24) is 5.32 Å². The van der Waals surface area contributed by atoms with E-state index in [0.29, 0.717) is 16.1 Å². The predicted molar refractivity (Wildman–Crippen MR) is 105 cm³/mol. The van der Waals surface area contributed by atoms with Crippen LogP contribution in [0.3, 0.4) is 0 Å². The summed E-state index contributed by atoms with van der Waals surface area (Å²) in [4.78, 5) is 12.9. The number of hydrogen-bond acceptors (Lipinski definition) is 4. The predicted octanol–water partition coefficient (Wildman–Crippen LogP) is 2.99. The monoisotopic (exact) mass is 384 g/mol. The first-order valence-electron chi connectivity index (χ1n) is 9.37. The maximum atomic E-state index is 12.6. The zero-order valence-corrected chi connectivity index (χ0v) is 16.0. The molecule has 2 aromatic carbocycles. The molecular weight excluding hydrogens is 360 g/mol. The van der Waals surface area contributed by atoms with Crippen molar-refractivity contribution in [3.05, 3.63) is 60.2 Å². The highest BCUT2D eigenvalue weighted by Gasteiger charge is 2.57. The van der Waals surface area contributed by atoms with Crippen LogP contribution in [0, 0.1) is 11.3 Å². The molecule has 2 N–H and O–H groups in total. The molecule has 27 heavy (non-hydrogen) atoms. The van der Waals surface area contributed by atoms with Crippen molar-refractivity contribution in [3.63, 3.8) is 0 Å². The van der Waals surface area contributed by atoms with E-state index in [0.717, 1.165) is 32.4 Å². The lowest BCUT2D eigenvalue weighted by atomic mass is 9.92. The second kappa shape index (κ2) is 7.09. The number of amides is 1. The molecule has 1 saturated heterocycles. The van der Waals surface area contributed by atoms with Crippen molar-refractivity contribution in [3.8, 4) is 0 Å². The van der Waals surface area contributed by atoms with Gasteiger partial charge in [-0.05, 0) is 67.6 Å². The number of carbonyl (C=O) groups is 1. The number of carbonyl (C=O) groups excluding carboxylic acids is 1. The van der Waals surface area contributed by atoms with Crippen LogP contribution in [-0.2, 0) is 20.4 Å². The second-order valence-electron chi connectivity index (χ2n) is 7.63. The first kappa shape index (κ1) is 18.2. The standard InChI is InChI=1S/C21H24N2O3S/c24-20(19-14-21(19)9-11-22-12-10-21)23-17-6-4-5-16(13-17)15-27(25,26)18-7-2-1-3-8-18/h1-8,13,19,22H,9-12,14-15H2,(H,23,24). The van der Waals surface area contributed by atoms with Crippen molar-refractivity contribution < 1.29 is 13.2 Å². The summed E-state index contributed by atoms with van der Waals surface area (Å²) in [5.74, 6) is 0.0519. The molecule has 1 amide bonds. The van der Waals surface area contributed by atoms with Crippen molar-refractivity contribution in [1.29, 1.82) is 0 Å². The smallest absolute Gasteiger partial charge is 0.228 e. The molecule has 2 aromatic rings. The molecule has 4 rings (SSSR count). The van der Waals surface area contributed by atoms with Crippen molar-refractivity contribution in [2.24, 2.45) is 11.3 Å². The van der Waals surface area contributed by atoms with Gasteiger partial charge in [-0.3, -0.25) is 4.79 Å². The van der Waals surface area contributed by atoms with Gasteiger partial charge in [-0.15, -0.1) is 0 Å². The minimum Gasteiger partial charge on any atom is -0.326 e. The van der Waals surface area contributed by atoms with Gasteiger partial charge in [0.05, 0.1) is 10.6 Å². The van der Waals surface area contributed by atoms with Crippen molar-refractivity contribution in [2.45, 2.75) is 29.9 Å². The SMILES string of the molecule is O=C(Nc1cccc(CS(=O)(=O)c2ccccc2)c1)C1CC12CCNCC2. The van der Waals surface area contributed by atoms with Crippen LogP contribution in [0.15, 0.2) is 59.5 Å². The maximum absolute atomic E-state index is 12.6. The fourth-order valence-electron chi connectivity index (χ4n) is 4.09. The molecule has 1 unspecified atom stereocenters. The number of piperidine rings is 1. The lowest BCUT2D eigenvalue weighted by Gasteiger charge is -2.23. The van der Waals surface area contributed by atoms with E-state index >= 15 is 0 Å². The minimum atomic E-state index is -3.40. The number of nitrogens with one attached hydrogen (secondary N) is 2.